The Balaban J connectivity index is 1.60. The Morgan fingerprint density at radius 1 is 1.08 bits per heavy atom. The van der Waals surface area contributed by atoms with Crippen LogP contribution >= 0.6 is 11.3 Å². The van der Waals surface area contributed by atoms with E-state index in [1.165, 1.54) is 34.7 Å². The van der Waals surface area contributed by atoms with E-state index in [2.05, 4.69) is 56.5 Å². The number of fused-ring (bicyclic) bond motifs is 1. The molecule has 0 fully saturated rings. The lowest BCUT2D eigenvalue weighted by Gasteiger charge is -2.38. The fourth-order valence-electron chi connectivity index (χ4n) is 4.87. The maximum Gasteiger partial charge on any atom is 0.269 e. The summed E-state index contributed by atoms with van der Waals surface area (Å²) in [7, 11) is 0. The van der Waals surface area contributed by atoms with E-state index in [1.54, 1.807) is 16.2 Å². The van der Waals surface area contributed by atoms with Crippen molar-refractivity contribution in [2.75, 3.05) is 19.6 Å². The lowest BCUT2D eigenvalue weighted by Crippen LogP contribution is -2.47. The third-order valence-electron chi connectivity index (χ3n) is 7.10. The summed E-state index contributed by atoms with van der Waals surface area (Å²) < 4.78 is 0. The van der Waals surface area contributed by atoms with Crippen LogP contribution in [0, 0.1) is 10.1 Å². The summed E-state index contributed by atoms with van der Waals surface area (Å²) in [4.78, 5) is 42.5. The van der Waals surface area contributed by atoms with Crippen molar-refractivity contribution >= 4 is 28.8 Å². The third-order valence-corrected chi connectivity index (χ3v) is 8.10. The second-order valence-corrected chi connectivity index (χ2v) is 11.8. The van der Waals surface area contributed by atoms with Crippen LogP contribution in [0.1, 0.15) is 78.5 Å². The number of thiophene rings is 1. The highest BCUT2D eigenvalue weighted by Crippen LogP contribution is 2.38. The van der Waals surface area contributed by atoms with Gasteiger partial charge < -0.3 is 9.80 Å². The number of unbranched alkanes of at least 4 members (excludes halogenated alkanes) is 1. The molecule has 2 aromatic carbocycles. The van der Waals surface area contributed by atoms with E-state index >= 15 is 0 Å². The highest BCUT2D eigenvalue weighted by Gasteiger charge is 2.34. The molecule has 3 aromatic rings. The minimum absolute atomic E-state index is 0.0339. The van der Waals surface area contributed by atoms with Gasteiger partial charge in [-0.1, -0.05) is 58.4 Å². The fraction of sp³-hybridized carbons (Fsp3) is 0.400. The Hall–Kier alpha value is -3.52. The summed E-state index contributed by atoms with van der Waals surface area (Å²) in [6, 6.07) is 16.0. The predicted molar refractivity (Wildman–Crippen MR) is 151 cm³/mol. The summed E-state index contributed by atoms with van der Waals surface area (Å²) in [5.41, 5.74) is 3.75. The lowest BCUT2D eigenvalue weighted by molar-refractivity contribution is -0.384. The maximum absolute atomic E-state index is 13.8. The van der Waals surface area contributed by atoms with Crippen molar-refractivity contribution in [1.29, 1.82) is 0 Å². The molecule has 1 aliphatic heterocycles. The zero-order valence-electron chi connectivity index (χ0n) is 22.5. The van der Waals surface area contributed by atoms with E-state index in [4.69, 9.17) is 0 Å². The Morgan fingerprint density at radius 2 is 1.76 bits per heavy atom. The Morgan fingerprint density at radius 3 is 2.37 bits per heavy atom. The van der Waals surface area contributed by atoms with Crippen LogP contribution in [-0.2, 0) is 16.6 Å². The van der Waals surface area contributed by atoms with Crippen molar-refractivity contribution in [3.63, 3.8) is 0 Å². The molecule has 7 nitrogen and oxygen atoms in total. The van der Waals surface area contributed by atoms with Crippen molar-refractivity contribution in [2.24, 2.45) is 0 Å². The van der Waals surface area contributed by atoms with Crippen LogP contribution < -0.4 is 0 Å². The number of nitro groups is 1. The topological polar surface area (TPSA) is 83.8 Å². The normalized spacial score (nSPS) is 15.2. The van der Waals surface area contributed by atoms with Crippen molar-refractivity contribution in [1.82, 2.24) is 9.80 Å². The number of benzene rings is 2. The summed E-state index contributed by atoms with van der Waals surface area (Å²) in [6.07, 6.45) is 2.43. The number of nitro benzene ring substituents is 1. The van der Waals surface area contributed by atoms with Crippen molar-refractivity contribution in [3.05, 3.63) is 97.2 Å². The van der Waals surface area contributed by atoms with Gasteiger partial charge in [-0.2, -0.15) is 0 Å². The molecule has 0 spiro atoms. The van der Waals surface area contributed by atoms with Gasteiger partial charge in [0.1, 0.15) is 6.54 Å². The number of amides is 2. The first-order chi connectivity index (χ1) is 18.1. The van der Waals surface area contributed by atoms with Gasteiger partial charge in [0.25, 0.3) is 11.6 Å². The van der Waals surface area contributed by atoms with E-state index in [0.29, 0.717) is 18.7 Å². The van der Waals surface area contributed by atoms with Crippen molar-refractivity contribution in [3.8, 4) is 0 Å². The van der Waals surface area contributed by atoms with Gasteiger partial charge in [-0.05, 0) is 58.5 Å². The Kier molecular flexibility index (Phi) is 8.31. The molecular formula is C30H35N3O4S. The zero-order chi connectivity index (χ0) is 27.4. The van der Waals surface area contributed by atoms with Crippen molar-refractivity contribution in [2.45, 2.75) is 58.4 Å². The fourth-order valence-corrected chi connectivity index (χ4v) is 5.78. The van der Waals surface area contributed by atoms with Crippen LogP contribution in [0.2, 0.25) is 0 Å². The van der Waals surface area contributed by atoms with Crippen LogP contribution in [0.3, 0.4) is 0 Å². The molecule has 1 aliphatic rings. The highest BCUT2D eigenvalue weighted by atomic mass is 32.1. The van der Waals surface area contributed by atoms with Gasteiger partial charge in [-0.15, -0.1) is 11.3 Å². The average Bonchev–Trinajstić information content (AvgIpc) is 3.38. The quantitative estimate of drug-likeness (QED) is 0.249. The molecule has 0 bridgehead atoms. The van der Waals surface area contributed by atoms with E-state index in [0.717, 1.165) is 30.4 Å². The Bertz CT molecular complexity index is 1290. The molecule has 38 heavy (non-hydrogen) atoms. The smallest absolute Gasteiger partial charge is 0.269 e. The molecule has 0 saturated heterocycles. The molecule has 2 heterocycles. The summed E-state index contributed by atoms with van der Waals surface area (Å²) in [5, 5.41) is 13.1. The number of rotatable bonds is 8. The van der Waals surface area contributed by atoms with E-state index < -0.39 is 4.92 Å². The molecule has 4 rings (SSSR count). The minimum Gasteiger partial charge on any atom is -0.330 e. The monoisotopic (exact) mass is 533 g/mol. The second kappa shape index (κ2) is 11.5. The van der Waals surface area contributed by atoms with Gasteiger partial charge in [0.2, 0.25) is 5.91 Å². The molecule has 8 heteroatoms. The van der Waals surface area contributed by atoms with Crippen LogP contribution in [0.5, 0.6) is 0 Å². The van der Waals surface area contributed by atoms with Gasteiger partial charge in [0.05, 0.1) is 11.0 Å². The zero-order valence-corrected chi connectivity index (χ0v) is 23.3. The summed E-state index contributed by atoms with van der Waals surface area (Å²) in [5.74, 6) is -0.390. The van der Waals surface area contributed by atoms with Crippen molar-refractivity contribution < 1.29 is 14.5 Å². The molecule has 2 amide bonds. The first kappa shape index (κ1) is 27.5. The molecule has 1 atom stereocenters. The number of carbonyl (C=O) groups excluding carboxylic acids is 2. The SMILES string of the molecule is CCCCN(CC(=O)N1CCc2sccc2C1c1ccc(C(C)(C)C)cc1)C(=O)c1ccc([N+](=O)[O-])cc1. The van der Waals surface area contributed by atoms with Gasteiger partial charge in [-0.3, -0.25) is 19.7 Å². The van der Waals surface area contributed by atoms with Gasteiger partial charge in [0.15, 0.2) is 0 Å². The van der Waals surface area contributed by atoms with Crippen LogP contribution in [0.25, 0.3) is 0 Å². The van der Waals surface area contributed by atoms with E-state index in [-0.39, 0.29) is 35.5 Å². The van der Waals surface area contributed by atoms with Gasteiger partial charge in [0, 0.05) is 35.7 Å². The number of hydrogen-bond acceptors (Lipinski definition) is 5. The molecule has 0 aliphatic carbocycles. The highest BCUT2D eigenvalue weighted by molar-refractivity contribution is 7.10. The lowest BCUT2D eigenvalue weighted by atomic mass is 9.85. The first-order valence-corrected chi connectivity index (χ1v) is 14.0. The van der Waals surface area contributed by atoms with Gasteiger partial charge >= 0.3 is 0 Å². The van der Waals surface area contributed by atoms with Crippen LogP contribution in [0.4, 0.5) is 5.69 Å². The molecule has 0 radical (unpaired) electrons. The third kappa shape index (κ3) is 5.96. The molecule has 200 valence electrons. The Labute approximate surface area is 228 Å². The molecule has 1 aromatic heterocycles. The number of carbonyl (C=O) groups is 2. The van der Waals surface area contributed by atoms with Crippen LogP contribution in [-0.4, -0.2) is 46.2 Å². The molecular weight excluding hydrogens is 498 g/mol. The molecule has 0 N–H and O–H groups in total. The van der Waals surface area contributed by atoms with E-state index in [9.17, 15) is 19.7 Å². The van der Waals surface area contributed by atoms with Gasteiger partial charge in [-0.25, -0.2) is 0 Å². The van der Waals surface area contributed by atoms with Crippen LogP contribution in [0.15, 0.2) is 60.0 Å². The number of nitrogens with zero attached hydrogens (tertiary/aromatic N) is 3. The average molecular weight is 534 g/mol. The maximum atomic E-state index is 13.8. The summed E-state index contributed by atoms with van der Waals surface area (Å²) >= 11 is 1.72. The second-order valence-electron chi connectivity index (χ2n) is 10.8. The summed E-state index contributed by atoms with van der Waals surface area (Å²) in [6.45, 7) is 9.58. The first-order valence-electron chi connectivity index (χ1n) is 13.1. The number of hydrogen-bond donors (Lipinski definition) is 0. The molecule has 0 saturated carbocycles. The largest absolute Gasteiger partial charge is 0.330 e. The number of non-ortho nitro benzene ring substituents is 1. The molecule has 1 unspecified atom stereocenters. The minimum atomic E-state index is -0.490. The standard InChI is InChI=1S/C30H35N3O4S/c1-5-6-17-31(29(35)22-9-13-24(14-10-22)33(36)37)20-27(34)32-18-15-26-25(16-19-38-26)28(32)21-7-11-23(12-8-21)30(2,3)4/h7-14,16,19,28H,5-6,15,17-18,20H2,1-4H3. The van der Waals surface area contributed by atoms with E-state index in [1.807, 2.05) is 11.8 Å². The predicted octanol–water partition coefficient (Wildman–Crippen LogP) is 6.37.